The minimum atomic E-state index is -0.533. The first kappa shape index (κ1) is 19.5. The number of carbonyl (C=O) groups excluding carboxylic acids is 2. The van der Waals surface area contributed by atoms with Crippen molar-refractivity contribution in [2.45, 2.75) is 32.3 Å². The van der Waals surface area contributed by atoms with Crippen LogP contribution in [0.1, 0.15) is 37.0 Å². The molecule has 0 aromatic heterocycles. The molecule has 3 rings (SSSR count). The van der Waals surface area contributed by atoms with E-state index in [4.69, 9.17) is 9.47 Å². The van der Waals surface area contributed by atoms with Crippen molar-refractivity contribution in [3.63, 3.8) is 0 Å². The van der Waals surface area contributed by atoms with Gasteiger partial charge in [-0.05, 0) is 45.4 Å². The number of hydrogen-bond acceptors (Lipinski definition) is 5. The molecule has 1 atom stereocenters. The summed E-state index contributed by atoms with van der Waals surface area (Å²) in [6, 6.07) is 5.25. The largest absolute Gasteiger partial charge is 0.497 e. The minimum absolute atomic E-state index is 0.136. The van der Waals surface area contributed by atoms with Crippen molar-refractivity contribution in [2.75, 3.05) is 46.4 Å². The molecule has 148 valence electrons. The zero-order valence-corrected chi connectivity index (χ0v) is 16.4. The second-order valence-corrected chi connectivity index (χ2v) is 7.21. The van der Waals surface area contributed by atoms with Crippen LogP contribution in [0.4, 0.5) is 0 Å². The Labute approximate surface area is 160 Å². The summed E-state index contributed by atoms with van der Waals surface area (Å²) < 4.78 is 11.7. The van der Waals surface area contributed by atoms with Crippen molar-refractivity contribution in [1.82, 2.24) is 15.1 Å². The predicted octanol–water partition coefficient (Wildman–Crippen LogP) is 1.52. The van der Waals surface area contributed by atoms with E-state index in [9.17, 15) is 9.59 Å². The first-order chi connectivity index (χ1) is 13.0. The summed E-state index contributed by atoms with van der Waals surface area (Å²) >= 11 is 0. The number of piperidine rings is 1. The van der Waals surface area contributed by atoms with E-state index in [0.29, 0.717) is 49.8 Å². The van der Waals surface area contributed by atoms with Crippen LogP contribution in [-0.2, 0) is 4.79 Å². The van der Waals surface area contributed by atoms with Crippen LogP contribution in [0.2, 0.25) is 0 Å². The molecule has 0 radical (unpaired) electrons. The van der Waals surface area contributed by atoms with Gasteiger partial charge in [-0.25, -0.2) is 0 Å². The molecule has 1 N–H and O–H groups in total. The predicted molar refractivity (Wildman–Crippen MR) is 102 cm³/mol. The number of amides is 2. The number of carbonyl (C=O) groups is 2. The molecule has 1 saturated heterocycles. The number of nitrogens with zero attached hydrogens (tertiary/aromatic N) is 2. The zero-order valence-electron chi connectivity index (χ0n) is 16.4. The van der Waals surface area contributed by atoms with Gasteiger partial charge in [0.25, 0.3) is 5.91 Å². The van der Waals surface area contributed by atoms with Gasteiger partial charge in [-0.3, -0.25) is 14.5 Å². The lowest BCUT2D eigenvalue weighted by Crippen LogP contribution is -2.58. The Morgan fingerprint density at radius 2 is 2.15 bits per heavy atom. The lowest BCUT2D eigenvalue weighted by atomic mass is 9.92. The van der Waals surface area contributed by atoms with E-state index in [1.165, 1.54) is 0 Å². The molecule has 0 saturated carbocycles. The number of benzene rings is 1. The average Bonchev–Trinajstić information content (AvgIpc) is 2.79. The van der Waals surface area contributed by atoms with Crippen LogP contribution in [0.25, 0.3) is 0 Å². The van der Waals surface area contributed by atoms with E-state index in [0.717, 1.165) is 19.4 Å². The average molecular weight is 375 g/mol. The van der Waals surface area contributed by atoms with E-state index in [2.05, 4.69) is 10.2 Å². The third-order valence-corrected chi connectivity index (χ3v) is 5.42. The quantitative estimate of drug-likeness (QED) is 0.845. The maximum Gasteiger partial charge on any atom is 0.255 e. The van der Waals surface area contributed by atoms with Gasteiger partial charge in [-0.15, -0.1) is 0 Å². The highest BCUT2D eigenvalue weighted by atomic mass is 16.5. The summed E-state index contributed by atoms with van der Waals surface area (Å²) in [4.78, 5) is 28.9. The number of rotatable bonds is 5. The van der Waals surface area contributed by atoms with Crippen molar-refractivity contribution in [2.24, 2.45) is 0 Å². The number of hydrogen-bond donors (Lipinski definition) is 1. The highest BCUT2D eigenvalue weighted by Gasteiger charge is 2.41. The lowest BCUT2D eigenvalue weighted by Gasteiger charge is -2.42. The van der Waals surface area contributed by atoms with Gasteiger partial charge in [0.15, 0.2) is 0 Å². The molecule has 0 bridgehead atoms. The van der Waals surface area contributed by atoms with Crippen molar-refractivity contribution in [3.05, 3.63) is 23.8 Å². The van der Waals surface area contributed by atoms with E-state index >= 15 is 0 Å². The Morgan fingerprint density at radius 3 is 2.85 bits per heavy atom. The number of likely N-dealkylation sites (N-methyl/N-ethyl adjacent to an activating group) is 1. The van der Waals surface area contributed by atoms with Crippen LogP contribution in [0.15, 0.2) is 18.2 Å². The highest BCUT2D eigenvalue weighted by molar-refractivity contribution is 5.97. The summed E-state index contributed by atoms with van der Waals surface area (Å²) in [6.07, 6.45) is 1.75. The molecule has 7 nitrogen and oxygen atoms in total. The van der Waals surface area contributed by atoms with Gasteiger partial charge in [0.1, 0.15) is 17.1 Å². The third-order valence-electron chi connectivity index (χ3n) is 5.42. The van der Waals surface area contributed by atoms with Crippen molar-refractivity contribution >= 4 is 11.8 Å². The van der Waals surface area contributed by atoms with Crippen LogP contribution in [0, 0.1) is 0 Å². The van der Waals surface area contributed by atoms with Crippen molar-refractivity contribution in [3.8, 4) is 11.5 Å². The molecule has 0 aliphatic carbocycles. The Balaban J connectivity index is 1.78. The molecule has 1 aromatic rings. The number of likely N-dealkylation sites (tertiary alicyclic amines) is 1. The molecule has 7 heteroatoms. The van der Waals surface area contributed by atoms with Gasteiger partial charge in [0.05, 0.1) is 25.8 Å². The number of ether oxygens (including phenoxy) is 2. The Bertz CT molecular complexity index is 704. The maximum absolute atomic E-state index is 12.5. The molecule has 2 aliphatic rings. The number of fused-ring (bicyclic) bond motifs is 1. The number of methoxy groups -OCH3 is 1. The van der Waals surface area contributed by atoms with Crippen molar-refractivity contribution in [1.29, 1.82) is 0 Å². The summed E-state index contributed by atoms with van der Waals surface area (Å²) in [5.74, 6) is 1.20. The Kier molecular flexibility index (Phi) is 5.89. The third kappa shape index (κ3) is 4.18. The van der Waals surface area contributed by atoms with E-state index < -0.39 is 5.60 Å². The molecule has 1 fully saturated rings. The normalized spacial score (nSPS) is 22.4. The fourth-order valence-corrected chi connectivity index (χ4v) is 3.93. The minimum Gasteiger partial charge on any atom is -0.497 e. The van der Waals surface area contributed by atoms with E-state index in [-0.39, 0.29) is 11.8 Å². The zero-order chi connectivity index (χ0) is 19.4. The van der Waals surface area contributed by atoms with Crippen LogP contribution in [-0.4, -0.2) is 73.6 Å². The molecule has 1 spiro atoms. The van der Waals surface area contributed by atoms with Gasteiger partial charge in [0, 0.05) is 25.7 Å². The van der Waals surface area contributed by atoms with Crippen molar-refractivity contribution < 1.29 is 19.1 Å². The molecule has 0 unspecified atom stereocenters. The number of nitrogens with one attached hydrogen (secondary N) is 1. The van der Waals surface area contributed by atoms with Crippen LogP contribution < -0.4 is 14.8 Å². The maximum atomic E-state index is 12.5. The summed E-state index contributed by atoms with van der Waals surface area (Å²) in [7, 11) is 1.59. The molecular weight excluding hydrogens is 346 g/mol. The second-order valence-electron chi connectivity index (χ2n) is 7.21. The van der Waals surface area contributed by atoms with Gasteiger partial charge < -0.3 is 19.7 Å². The molecule has 2 heterocycles. The summed E-state index contributed by atoms with van der Waals surface area (Å²) in [5.41, 5.74) is -0.0151. The first-order valence-corrected chi connectivity index (χ1v) is 9.65. The first-order valence-electron chi connectivity index (χ1n) is 9.65. The monoisotopic (exact) mass is 375 g/mol. The van der Waals surface area contributed by atoms with E-state index in [1.807, 2.05) is 18.7 Å². The topological polar surface area (TPSA) is 71.1 Å². The van der Waals surface area contributed by atoms with Crippen LogP contribution in [0.3, 0.4) is 0 Å². The fourth-order valence-electron chi connectivity index (χ4n) is 3.93. The Morgan fingerprint density at radius 1 is 1.37 bits per heavy atom. The van der Waals surface area contributed by atoms with Crippen LogP contribution in [0.5, 0.6) is 11.5 Å². The van der Waals surface area contributed by atoms with E-state index in [1.54, 1.807) is 25.3 Å². The second kappa shape index (κ2) is 8.17. The SMILES string of the molecule is CCN(CC)C(=O)CN1CCC[C@@]2(CNC(=O)c3ccc(OC)cc3O2)C1. The summed E-state index contributed by atoms with van der Waals surface area (Å²) in [6.45, 7) is 7.70. The molecule has 2 amide bonds. The molecule has 27 heavy (non-hydrogen) atoms. The summed E-state index contributed by atoms with van der Waals surface area (Å²) in [5, 5.41) is 2.99. The van der Waals surface area contributed by atoms with Gasteiger partial charge in [-0.1, -0.05) is 0 Å². The fraction of sp³-hybridized carbons (Fsp3) is 0.600. The standard InChI is InChI=1S/C20H29N3O4/c1-4-23(5-2)18(24)12-22-10-6-9-20(14-22)13-21-19(25)16-8-7-15(26-3)11-17(16)27-20/h7-8,11H,4-6,9-10,12-14H2,1-3H3,(H,21,25)/t20-/m1/s1. The van der Waals surface area contributed by atoms with Gasteiger partial charge in [0.2, 0.25) is 5.91 Å². The van der Waals surface area contributed by atoms with Gasteiger partial charge in [-0.2, -0.15) is 0 Å². The molecule has 1 aromatic carbocycles. The Hall–Kier alpha value is -2.28. The lowest BCUT2D eigenvalue weighted by molar-refractivity contribution is -0.133. The van der Waals surface area contributed by atoms with Crippen LogP contribution >= 0.6 is 0 Å². The molecule has 2 aliphatic heterocycles. The molecular formula is C20H29N3O4. The smallest absolute Gasteiger partial charge is 0.255 e. The van der Waals surface area contributed by atoms with Gasteiger partial charge >= 0.3 is 0 Å². The highest BCUT2D eigenvalue weighted by Crippen LogP contribution is 2.34.